The van der Waals surface area contributed by atoms with E-state index in [0.717, 1.165) is 18.4 Å². The molecule has 5 nitrogen and oxygen atoms in total. The molecule has 5 heteroatoms. The van der Waals surface area contributed by atoms with Crippen LogP contribution in [0.5, 0.6) is 5.75 Å². The molecule has 0 heterocycles. The van der Waals surface area contributed by atoms with E-state index in [1.165, 1.54) is 4.90 Å². The van der Waals surface area contributed by atoms with Gasteiger partial charge in [0.1, 0.15) is 12.3 Å². The maximum atomic E-state index is 12.0. The number of carbonyl (C=O) groups is 2. The first-order chi connectivity index (χ1) is 9.54. The molecule has 0 aliphatic heterocycles. The number of benzene rings is 1. The van der Waals surface area contributed by atoms with E-state index in [-0.39, 0.29) is 19.1 Å². The fourth-order valence-electron chi connectivity index (χ4n) is 1.97. The summed E-state index contributed by atoms with van der Waals surface area (Å²) in [6, 6.07) is 7.42. The van der Waals surface area contributed by atoms with Crippen LogP contribution < -0.4 is 4.74 Å². The van der Waals surface area contributed by atoms with Gasteiger partial charge in [-0.05, 0) is 43.4 Å². The Kier molecular flexibility index (Phi) is 4.61. The highest BCUT2D eigenvalue weighted by atomic mass is 16.5. The standard InChI is InChI=1S/C15H19NO4/c1-11-3-2-4-13(7-11)20-10-14(17)16(9-15(18)19)8-12-5-6-12/h2-4,7,12H,5-6,8-10H2,1H3,(H,18,19). The van der Waals surface area contributed by atoms with Gasteiger partial charge < -0.3 is 14.7 Å². The van der Waals surface area contributed by atoms with Gasteiger partial charge in [0.15, 0.2) is 6.61 Å². The number of amides is 1. The number of carbonyl (C=O) groups excluding carboxylic acids is 1. The number of hydrogen-bond donors (Lipinski definition) is 1. The van der Waals surface area contributed by atoms with E-state index < -0.39 is 5.97 Å². The topological polar surface area (TPSA) is 66.8 Å². The summed E-state index contributed by atoms with van der Waals surface area (Å²) in [5, 5.41) is 8.85. The molecule has 20 heavy (non-hydrogen) atoms. The van der Waals surface area contributed by atoms with Crippen LogP contribution in [0.25, 0.3) is 0 Å². The third-order valence-corrected chi connectivity index (χ3v) is 3.21. The minimum absolute atomic E-state index is 0.122. The van der Waals surface area contributed by atoms with Gasteiger partial charge in [-0.15, -0.1) is 0 Å². The highest BCUT2D eigenvalue weighted by Gasteiger charge is 2.28. The molecule has 1 N–H and O–H groups in total. The van der Waals surface area contributed by atoms with Crippen molar-refractivity contribution in [1.82, 2.24) is 4.90 Å². The Balaban J connectivity index is 1.88. The second kappa shape index (κ2) is 6.41. The molecular formula is C15H19NO4. The molecular weight excluding hydrogens is 258 g/mol. The van der Waals surface area contributed by atoms with Crippen molar-refractivity contribution in [2.24, 2.45) is 5.92 Å². The molecule has 0 atom stereocenters. The Morgan fingerprint density at radius 1 is 1.40 bits per heavy atom. The molecule has 2 rings (SSSR count). The third kappa shape index (κ3) is 4.57. The van der Waals surface area contributed by atoms with Gasteiger partial charge in [0.05, 0.1) is 0 Å². The lowest BCUT2D eigenvalue weighted by Crippen LogP contribution is -2.40. The molecule has 1 fully saturated rings. The first-order valence-corrected chi connectivity index (χ1v) is 6.73. The second-order valence-electron chi connectivity index (χ2n) is 5.22. The van der Waals surface area contributed by atoms with Crippen LogP contribution in [0.15, 0.2) is 24.3 Å². The molecule has 1 aromatic carbocycles. The number of ether oxygens (including phenoxy) is 1. The van der Waals surface area contributed by atoms with Crippen LogP contribution in [-0.4, -0.2) is 41.6 Å². The smallest absolute Gasteiger partial charge is 0.323 e. The van der Waals surface area contributed by atoms with Crippen LogP contribution in [0.4, 0.5) is 0 Å². The van der Waals surface area contributed by atoms with Gasteiger partial charge in [-0.25, -0.2) is 0 Å². The Morgan fingerprint density at radius 3 is 2.75 bits per heavy atom. The predicted molar refractivity (Wildman–Crippen MR) is 73.6 cm³/mol. The van der Waals surface area contributed by atoms with Gasteiger partial charge in [-0.3, -0.25) is 9.59 Å². The van der Waals surface area contributed by atoms with Crippen molar-refractivity contribution in [1.29, 1.82) is 0 Å². The first kappa shape index (κ1) is 14.4. The number of aliphatic carboxylic acids is 1. The molecule has 0 radical (unpaired) electrons. The van der Waals surface area contributed by atoms with Crippen molar-refractivity contribution < 1.29 is 19.4 Å². The summed E-state index contributed by atoms with van der Waals surface area (Å²) in [6.07, 6.45) is 2.14. The van der Waals surface area contributed by atoms with E-state index in [1.807, 2.05) is 25.1 Å². The van der Waals surface area contributed by atoms with Gasteiger partial charge in [-0.2, -0.15) is 0 Å². The van der Waals surface area contributed by atoms with E-state index >= 15 is 0 Å². The van der Waals surface area contributed by atoms with Crippen molar-refractivity contribution >= 4 is 11.9 Å². The average Bonchev–Trinajstić information content (AvgIpc) is 3.19. The highest BCUT2D eigenvalue weighted by molar-refractivity contribution is 5.82. The predicted octanol–water partition coefficient (Wildman–Crippen LogP) is 1.70. The fraction of sp³-hybridized carbons (Fsp3) is 0.467. The Labute approximate surface area is 118 Å². The maximum absolute atomic E-state index is 12.0. The summed E-state index contributed by atoms with van der Waals surface area (Å²) >= 11 is 0. The van der Waals surface area contributed by atoms with Crippen LogP contribution in [0, 0.1) is 12.8 Å². The number of nitrogens with zero attached hydrogens (tertiary/aromatic N) is 1. The summed E-state index contributed by atoms with van der Waals surface area (Å²) < 4.78 is 5.43. The minimum Gasteiger partial charge on any atom is -0.484 e. The molecule has 108 valence electrons. The number of carboxylic acids is 1. The zero-order valence-electron chi connectivity index (χ0n) is 11.5. The van der Waals surface area contributed by atoms with Gasteiger partial charge in [0, 0.05) is 6.54 Å². The van der Waals surface area contributed by atoms with Crippen molar-refractivity contribution in [3.8, 4) is 5.75 Å². The molecule has 0 aromatic heterocycles. The Hall–Kier alpha value is -2.04. The van der Waals surface area contributed by atoms with Crippen LogP contribution in [0.1, 0.15) is 18.4 Å². The van der Waals surface area contributed by atoms with Crippen LogP contribution in [0.2, 0.25) is 0 Å². The molecule has 1 aliphatic carbocycles. The zero-order chi connectivity index (χ0) is 14.5. The molecule has 1 amide bonds. The summed E-state index contributed by atoms with van der Waals surface area (Å²) in [4.78, 5) is 24.2. The van der Waals surface area contributed by atoms with E-state index in [0.29, 0.717) is 18.2 Å². The summed E-state index contributed by atoms with van der Waals surface area (Å²) in [5.41, 5.74) is 1.05. The molecule has 1 saturated carbocycles. The van der Waals surface area contributed by atoms with Crippen LogP contribution in [-0.2, 0) is 9.59 Å². The van der Waals surface area contributed by atoms with Gasteiger partial charge in [-0.1, -0.05) is 12.1 Å². The average molecular weight is 277 g/mol. The van der Waals surface area contributed by atoms with Gasteiger partial charge in [0.2, 0.25) is 0 Å². The largest absolute Gasteiger partial charge is 0.484 e. The lowest BCUT2D eigenvalue weighted by Gasteiger charge is -2.20. The Bertz CT molecular complexity index is 496. The number of carboxylic acid groups (broad SMARTS) is 1. The van der Waals surface area contributed by atoms with E-state index in [2.05, 4.69) is 0 Å². The van der Waals surface area contributed by atoms with Crippen molar-refractivity contribution in [2.45, 2.75) is 19.8 Å². The SMILES string of the molecule is Cc1cccc(OCC(=O)N(CC(=O)O)CC2CC2)c1. The van der Waals surface area contributed by atoms with Crippen LogP contribution in [0.3, 0.4) is 0 Å². The fourth-order valence-corrected chi connectivity index (χ4v) is 1.97. The molecule has 0 saturated heterocycles. The van der Waals surface area contributed by atoms with E-state index in [4.69, 9.17) is 9.84 Å². The van der Waals surface area contributed by atoms with Crippen molar-refractivity contribution in [3.05, 3.63) is 29.8 Å². The minimum atomic E-state index is -0.991. The van der Waals surface area contributed by atoms with Crippen molar-refractivity contribution in [3.63, 3.8) is 0 Å². The number of aryl methyl sites for hydroxylation is 1. The molecule has 1 aromatic rings. The third-order valence-electron chi connectivity index (χ3n) is 3.21. The first-order valence-electron chi connectivity index (χ1n) is 6.73. The highest BCUT2D eigenvalue weighted by Crippen LogP contribution is 2.29. The summed E-state index contributed by atoms with van der Waals surface area (Å²) in [7, 11) is 0. The summed E-state index contributed by atoms with van der Waals surface area (Å²) in [6.45, 7) is 2.08. The monoisotopic (exact) mass is 277 g/mol. The molecule has 0 bridgehead atoms. The van der Waals surface area contributed by atoms with E-state index in [9.17, 15) is 9.59 Å². The van der Waals surface area contributed by atoms with E-state index in [1.54, 1.807) is 6.07 Å². The van der Waals surface area contributed by atoms with Crippen molar-refractivity contribution in [2.75, 3.05) is 19.7 Å². The number of rotatable bonds is 7. The molecule has 0 spiro atoms. The normalized spacial score (nSPS) is 13.8. The van der Waals surface area contributed by atoms with Crippen LogP contribution >= 0.6 is 0 Å². The summed E-state index contributed by atoms with van der Waals surface area (Å²) in [5.74, 6) is -0.187. The van der Waals surface area contributed by atoms with Gasteiger partial charge >= 0.3 is 5.97 Å². The maximum Gasteiger partial charge on any atom is 0.323 e. The Morgan fingerprint density at radius 2 is 2.15 bits per heavy atom. The molecule has 0 unspecified atom stereocenters. The van der Waals surface area contributed by atoms with Gasteiger partial charge in [0.25, 0.3) is 5.91 Å². The lowest BCUT2D eigenvalue weighted by molar-refractivity contribution is -0.145. The lowest BCUT2D eigenvalue weighted by atomic mass is 10.2. The quantitative estimate of drug-likeness (QED) is 0.823. The number of hydrogen-bond acceptors (Lipinski definition) is 3. The second-order valence-corrected chi connectivity index (χ2v) is 5.22. The molecule has 1 aliphatic rings. The zero-order valence-corrected chi connectivity index (χ0v) is 11.5.